The molecule has 6 heteroatoms. The van der Waals surface area contributed by atoms with E-state index in [-0.39, 0.29) is 21.2 Å². The summed E-state index contributed by atoms with van der Waals surface area (Å²) in [6, 6.07) is 21.4. The minimum absolute atomic E-state index is 0.0287. The van der Waals surface area contributed by atoms with E-state index in [4.69, 9.17) is 9.90 Å². The van der Waals surface area contributed by atoms with Crippen LogP contribution in [0.2, 0.25) is 0 Å². The van der Waals surface area contributed by atoms with Gasteiger partial charge in [0.05, 0.1) is 0 Å². The molecular weight excluding hydrogens is 384 g/mol. The average molecular weight is 395 g/mol. The number of hydrogen-bond donors (Lipinski definition) is 1. The van der Waals surface area contributed by atoms with Crippen LogP contribution in [0.4, 0.5) is 13.2 Å². The van der Waals surface area contributed by atoms with Crippen molar-refractivity contribution in [3.8, 4) is 0 Å². The summed E-state index contributed by atoms with van der Waals surface area (Å²) in [6.45, 7) is 0. The first-order valence-electron chi connectivity index (χ1n) is 5.44. The van der Waals surface area contributed by atoms with Crippen molar-refractivity contribution in [1.82, 2.24) is 0 Å². The molecule has 1 N–H and O–H groups in total. The molecule has 0 amide bonds. The molecule has 0 heterocycles. The molecule has 0 atom stereocenters. The molecule has 0 spiro atoms. The van der Waals surface area contributed by atoms with E-state index in [9.17, 15) is 13.2 Å². The van der Waals surface area contributed by atoms with Crippen molar-refractivity contribution in [2.75, 3.05) is 0 Å². The summed E-state index contributed by atoms with van der Waals surface area (Å²) in [4.78, 5) is 8.90. The number of carboxylic acid groups (broad SMARTS) is 1. The van der Waals surface area contributed by atoms with Crippen molar-refractivity contribution >= 4 is 5.97 Å². The second-order valence-electron chi connectivity index (χ2n) is 3.49. The molecule has 0 aromatic heterocycles. The number of halogens is 4. The van der Waals surface area contributed by atoms with Crippen molar-refractivity contribution in [2.45, 2.75) is 6.18 Å². The van der Waals surface area contributed by atoms with Crippen LogP contribution in [-0.4, -0.2) is 17.3 Å². The van der Waals surface area contributed by atoms with Gasteiger partial charge in [-0.15, -0.1) is 0 Å². The Kier molecular flexibility index (Phi) is 6.50. The van der Waals surface area contributed by atoms with Gasteiger partial charge in [-0.05, 0) is 24.3 Å². The molecule has 0 aliphatic rings. The molecule has 2 aromatic carbocycles. The summed E-state index contributed by atoms with van der Waals surface area (Å²) in [5, 5.41) is 7.12. The molecular formula is C14H11F3IO2+. The first kappa shape index (κ1) is 16.5. The van der Waals surface area contributed by atoms with Crippen LogP contribution < -0.4 is 21.2 Å². The van der Waals surface area contributed by atoms with Gasteiger partial charge in [-0.25, -0.2) is 4.79 Å². The van der Waals surface area contributed by atoms with Crippen LogP contribution >= 0.6 is 0 Å². The molecule has 0 fully saturated rings. The van der Waals surface area contributed by atoms with Crippen LogP contribution in [-0.2, 0) is 4.79 Å². The maximum atomic E-state index is 10.6. The highest BCUT2D eigenvalue weighted by molar-refractivity contribution is 5.73. The lowest BCUT2D eigenvalue weighted by atomic mass is 10.4. The summed E-state index contributed by atoms with van der Waals surface area (Å²) in [5.74, 6) is -2.76. The van der Waals surface area contributed by atoms with E-state index in [1.54, 1.807) is 0 Å². The summed E-state index contributed by atoms with van der Waals surface area (Å²) < 4.78 is 34.7. The van der Waals surface area contributed by atoms with E-state index in [2.05, 4.69) is 60.7 Å². The van der Waals surface area contributed by atoms with E-state index in [0.29, 0.717) is 0 Å². The molecule has 2 rings (SSSR count). The van der Waals surface area contributed by atoms with E-state index >= 15 is 0 Å². The molecule has 0 unspecified atom stereocenters. The number of alkyl halides is 3. The summed E-state index contributed by atoms with van der Waals surface area (Å²) in [6.07, 6.45) is -5.08. The van der Waals surface area contributed by atoms with Gasteiger partial charge in [0.25, 0.3) is 0 Å². The van der Waals surface area contributed by atoms with Gasteiger partial charge in [0.2, 0.25) is 0 Å². The summed E-state index contributed by atoms with van der Waals surface area (Å²) in [7, 11) is 0. The topological polar surface area (TPSA) is 37.3 Å². The summed E-state index contributed by atoms with van der Waals surface area (Å²) >= 11 is 0.0287. The molecule has 0 saturated heterocycles. The number of rotatable bonds is 2. The Balaban J connectivity index is 0.000000246. The lowest BCUT2D eigenvalue weighted by Crippen LogP contribution is -3.61. The minimum atomic E-state index is -5.08. The lowest BCUT2D eigenvalue weighted by Gasteiger charge is -1.93. The summed E-state index contributed by atoms with van der Waals surface area (Å²) in [5.41, 5.74) is 0. The van der Waals surface area contributed by atoms with Gasteiger partial charge in [-0.2, -0.15) is 13.2 Å². The van der Waals surface area contributed by atoms with Gasteiger partial charge >= 0.3 is 33.4 Å². The molecule has 20 heavy (non-hydrogen) atoms. The normalized spacial score (nSPS) is 10.3. The van der Waals surface area contributed by atoms with Gasteiger partial charge in [0.1, 0.15) is 0 Å². The monoisotopic (exact) mass is 395 g/mol. The number of aliphatic carboxylic acids is 1. The predicted molar refractivity (Wildman–Crippen MR) is 64.0 cm³/mol. The Labute approximate surface area is 124 Å². The number of hydrogen-bond acceptors (Lipinski definition) is 1. The number of benzene rings is 2. The molecule has 2 nitrogen and oxygen atoms in total. The maximum absolute atomic E-state index is 10.6. The van der Waals surface area contributed by atoms with E-state index < -0.39 is 12.1 Å². The molecule has 0 aliphatic heterocycles. The van der Waals surface area contributed by atoms with Crippen molar-refractivity contribution in [3.05, 3.63) is 67.8 Å². The quantitative estimate of drug-likeness (QED) is 0.751. The lowest BCUT2D eigenvalue weighted by molar-refractivity contribution is -0.597. The minimum Gasteiger partial charge on any atom is -0.475 e. The third-order valence-electron chi connectivity index (χ3n) is 1.93. The van der Waals surface area contributed by atoms with Gasteiger partial charge in [0.15, 0.2) is 7.14 Å². The molecule has 106 valence electrons. The molecule has 0 aliphatic carbocycles. The van der Waals surface area contributed by atoms with Gasteiger partial charge in [-0.1, -0.05) is 36.4 Å². The average Bonchev–Trinajstić information content (AvgIpc) is 2.40. The Bertz CT molecular complexity index is 490. The molecule has 0 saturated carbocycles. The van der Waals surface area contributed by atoms with Crippen LogP contribution in [0.3, 0.4) is 0 Å². The Hall–Kier alpha value is -1.57. The predicted octanol–water partition coefficient (Wildman–Crippen LogP) is 0.448. The second-order valence-corrected chi connectivity index (χ2v) is 6.52. The fourth-order valence-corrected chi connectivity index (χ4v) is 3.35. The first-order chi connectivity index (χ1) is 9.39. The Morgan fingerprint density at radius 3 is 1.40 bits per heavy atom. The third-order valence-corrected chi connectivity index (χ3v) is 4.61. The number of carbonyl (C=O) groups is 1. The van der Waals surface area contributed by atoms with E-state index in [0.717, 1.165) is 0 Å². The van der Waals surface area contributed by atoms with Crippen molar-refractivity contribution < 1.29 is 44.3 Å². The second kappa shape index (κ2) is 7.88. The zero-order chi connectivity index (χ0) is 15.0. The van der Waals surface area contributed by atoms with Crippen LogP contribution in [0.15, 0.2) is 60.7 Å². The highest BCUT2D eigenvalue weighted by Crippen LogP contribution is 2.13. The van der Waals surface area contributed by atoms with Crippen molar-refractivity contribution in [2.24, 2.45) is 0 Å². The standard InChI is InChI=1S/C12H10I.C2HF3O2/c1-3-7-11(8-4-1)13-12-9-5-2-6-10-12;3-2(4,5)1(6)7/h1-10H;(H,6,7)/q+1;. The van der Waals surface area contributed by atoms with Gasteiger partial charge in [0, 0.05) is 0 Å². The van der Waals surface area contributed by atoms with Gasteiger partial charge in [-0.3, -0.25) is 0 Å². The SMILES string of the molecule is O=C(O)C(F)(F)F.c1ccc([I+]c2ccccc2)cc1. The highest BCUT2D eigenvalue weighted by Gasteiger charge is 2.38. The molecule has 0 radical (unpaired) electrons. The van der Waals surface area contributed by atoms with Crippen LogP contribution in [0.1, 0.15) is 0 Å². The van der Waals surface area contributed by atoms with Crippen LogP contribution in [0.25, 0.3) is 0 Å². The van der Waals surface area contributed by atoms with Crippen molar-refractivity contribution in [3.63, 3.8) is 0 Å². The van der Waals surface area contributed by atoms with E-state index in [1.807, 2.05) is 0 Å². The zero-order valence-electron chi connectivity index (χ0n) is 10.1. The Morgan fingerprint density at radius 2 is 1.15 bits per heavy atom. The highest BCUT2D eigenvalue weighted by atomic mass is 127. The third kappa shape index (κ3) is 6.55. The van der Waals surface area contributed by atoms with E-state index in [1.165, 1.54) is 7.14 Å². The number of carboxylic acids is 1. The van der Waals surface area contributed by atoms with Crippen LogP contribution in [0, 0.1) is 7.14 Å². The maximum Gasteiger partial charge on any atom is 0.490 e. The fourth-order valence-electron chi connectivity index (χ4n) is 1.08. The fraction of sp³-hybridized carbons (Fsp3) is 0.0714. The van der Waals surface area contributed by atoms with Crippen molar-refractivity contribution in [1.29, 1.82) is 0 Å². The van der Waals surface area contributed by atoms with Crippen LogP contribution in [0.5, 0.6) is 0 Å². The Morgan fingerprint density at radius 1 is 0.850 bits per heavy atom. The molecule has 2 aromatic rings. The smallest absolute Gasteiger partial charge is 0.475 e. The zero-order valence-corrected chi connectivity index (χ0v) is 12.3. The largest absolute Gasteiger partial charge is 0.490 e. The van der Waals surface area contributed by atoms with Gasteiger partial charge < -0.3 is 5.11 Å². The first-order valence-corrected chi connectivity index (χ1v) is 7.60. The molecule has 0 bridgehead atoms.